The monoisotopic (exact) mass is 341 g/mol. The van der Waals surface area contributed by atoms with Gasteiger partial charge >= 0.3 is 11.9 Å². The molecule has 1 N–H and O–H groups in total. The minimum atomic E-state index is -3.99. The Morgan fingerprint density at radius 3 is 2.57 bits per heavy atom. The number of carboxylic acids is 1. The van der Waals surface area contributed by atoms with Crippen LogP contribution in [0, 0.1) is 5.92 Å². The molecule has 1 saturated heterocycles. The number of carbonyl (C=O) groups is 2. The zero-order chi connectivity index (χ0) is 17.2. The molecule has 7 nitrogen and oxygen atoms in total. The fourth-order valence-electron chi connectivity index (χ4n) is 2.88. The fourth-order valence-corrected chi connectivity index (χ4v) is 4.76. The van der Waals surface area contributed by atoms with Gasteiger partial charge < -0.3 is 9.84 Å². The number of rotatable bonds is 4. The maximum absolute atomic E-state index is 12.9. The number of hydrogen-bond donors (Lipinski definition) is 1. The van der Waals surface area contributed by atoms with Gasteiger partial charge in [0.25, 0.3) is 0 Å². The molecule has 0 saturated carbocycles. The van der Waals surface area contributed by atoms with Gasteiger partial charge in [0.1, 0.15) is 0 Å². The normalized spacial score (nSPS) is 22.5. The van der Waals surface area contributed by atoms with Crippen LogP contribution in [0.3, 0.4) is 0 Å². The van der Waals surface area contributed by atoms with Crippen LogP contribution in [0.2, 0.25) is 0 Å². The van der Waals surface area contributed by atoms with Crippen LogP contribution in [0.25, 0.3) is 0 Å². The molecular formula is C15H19NO6S. The van der Waals surface area contributed by atoms with E-state index >= 15 is 0 Å². The Kier molecular flexibility index (Phi) is 5.06. The quantitative estimate of drug-likeness (QED) is 0.830. The van der Waals surface area contributed by atoms with Gasteiger partial charge in [0, 0.05) is 12.6 Å². The van der Waals surface area contributed by atoms with Crippen molar-refractivity contribution in [2.45, 2.75) is 30.7 Å². The van der Waals surface area contributed by atoms with E-state index in [1.807, 2.05) is 0 Å². The minimum Gasteiger partial charge on any atom is -0.481 e. The van der Waals surface area contributed by atoms with Gasteiger partial charge in [-0.1, -0.05) is 12.1 Å². The molecule has 8 heteroatoms. The third-order valence-electron chi connectivity index (χ3n) is 4.13. The molecule has 0 radical (unpaired) electrons. The number of carbonyl (C=O) groups excluding carboxylic acids is 1. The summed E-state index contributed by atoms with van der Waals surface area (Å²) in [5.74, 6) is -2.52. The van der Waals surface area contributed by atoms with Gasteiger partial charge in [0.05, 0.1) is 23.5 Å². The first kappa shape index (κ1) is 17.4. The number of hydrogen-bond acceptors (Lipinski definition) is 5. The summed E-state index contributed by atoms with van der Waals surface area (Å²) in [5.41, 5.74) is -0.0559. The predicted molar refractivity (Wildman–Crippen MR) is 81.5 cm³/mol. The number of carboxylic acid groups (broad SMARTS) is 1. The molecule has 0 aliphatic carbocycles. The summed E-state index contributed by atoms with van der Waals surface area (Å²) < 4.78 is 31.7. The largest absolute Gasteiger partial charge is 0.481 e. The topological polar surface area (TPSA) is 101 Å². The summed E-state index contributed by atoms with van der Waals surface area (Å²) in [6.45, 7) is 1.80. The van der Waals surface area contributed by atoms with Gasteiger partial charge in [-0.15, -0.1) is 0 Å². The summed E-state index contributed by atoms with van der Waals surface area (Å²) in [7, 11) is -2.82. The van der Waals surface area contributed by atoms with Gasteiger partial charge in [-0.3, -0.25) is 4.79 Å². The summed E-state index contributed by atoms with van der Waals surface area (Å²) in [6, 6.07) is 5.09. The highest BCUT2D eigenvalue weighted by Crippen LogP contribution is 2.30. The first-order chi connectivity index (χ1) is 10.8. The van der Waals surface area contributed by atoms with Crippen molar-refractivity contribution in [2.24, 2.45) is 5.92 Å². The highest BCUT2D eigenvalue weighted by Gasteiger charge is 2.40. The number of ether oxygens (including phenoxy) is 1. The lowest BCUT2D eigenvalue weighted by atomic mass is 9.92. The molecule has 1 aliphatic heterocycles. The molecule has 1 fully saturated rings. The van der Waals surface area contributed by atoms with Crippen molar-refractivity contribution in [3.63, 3.8) is 0 Å². The second kappa shape index (κ2) is 6.67. The molecule has 1 aromatic carbocycles. The zero-order valence-corrected chi connectivity index (χ0v) is 13.7. The fraction of sp³-hybridized carbons (Fsp3) is 0.467. The van der Waals surface area contributed by atoms with Crippen LogP contribution < -0.4 is 0 Å². The van der Waals surface area contributed by atoms with Crippen molar-refractivity contribution in [2.75, 3.05) is 13.7 Å². The summed E-state index contributed by atoms with van der Waals surface area (Å²) in [6.07, 6.45) is 0.891. The van der Waals surface area contributed by atoms with Crippen molar-refractivity contribution in [3.05, 3.63) is 29.8 Å². The Balaban J connectivity index is 2.47. The number of methoxy groups -OCH3 is 1. The predicted octanol–water partition coefficient (Wildman–Crippen LogP) is 1.35. The van der Waals surface area contributed by atoms with Crippen LogP contribution in [0.1, 0.15) is 30.1 Å². The van der Waals surface area contributed by atoms with E-state index in [-0.39, 0.29) is 17.0 Å². The molecular weight excluding hydrogens is 322 g/mol. The third kappa shape index (κ3) is 3.23. The maximum Gasteiger partial charge on any atom is 0.339 e. The molecule has 2 atom stereocenters. The highest BCUT2D eigenvalue weighted by atomic mass is 32.2. The first-order valence-electron chi connectivity index (χ1n) is 7.22. The van der Waals surface area contributed by atoms with Crippen molar-refractivity contribution in [3.8, 4) is 0 Å². The van der Waals surface area contributed by atoms with Gasteiger partial charge in [-0.25, -0.2) is 13.2 Å². The van der Waals surface area contributed by atoms with E-state index in [0.29, 0.717) is 12.8 Å². The molecule has 1 aliphatic rings. The lowest BCUT2D eigenvalue weighted by Gasteiger charge is -2.36. The van der Waals surface area contributed by atoms with Crippen LogP contribution in [0.5, 0.6) is 0 Å². The second-order valence-corrected chi connectivity index (χ2v) is 7.29. The zero-order valence-electron chi connectivity index (χ0n) is 12.9. The van der Waals surface area contributed by atoms with E-state index in [2.05, 4.69) is 4.74 Å². The van der Waals surface area contributed by atoms with Crippen LogP contribution in [-0.2, 0) is 19.6 Å². The number of nitrogens with zero attached hydrogens (tertiary/aromatic N) is 1. The molecule has 2 rings (SSSR count). The average Bonchev–Trinajstić information content (AvgIpc) is 2.53. The summed E-state index contributed by atoms with van der Waals surface area (Å²) in [5, 5.41) is 9.25. The van der Waals surface area contributed by atoms with E-state index in [0.717, 1.165) is 4.31 Å². The first-order valence-corrected chi connectivity index (χ1v) is 8.66. The van der Waals surface area contributed by atoms with Crippen molar-refractivity contribution in [1.29, 1.82) is 0 Å². The molecule has 0 unspecified atom stereocenters. The van der Waals surface area contributed by atoms with Crippen molar-refractivity contribution >= 4 is 22.0 Å². The van der Waals surface area contributed by atoms with Crippen LogP contribution in [-0.4, -0.2) is 49.5 Å². The Morgan fingerprint density at radius 1 is 1.30 bits per heavy atom. The van der Waals surface area contributed by atoms with E-state index in [9.17, 15) is 23.1 Å². The van der Waals surface area contributed by atoms with E-state index in [4.69, 9.17) is 0 Å². The smallest absolute Gasteiger partial charge is 0.339 e. The summed E-state index contributed by atoms with van der Waals surface area (Å²) in [4.78, 5) is 23.0. The number of aliphatic carboxylic acids is 1. The van der Waals surface area contributed by atoms with Gasteiger partial charge in [-0.05, 0) is 31.9 Å². The number of esters is 1. The van der Waals surface area contributed by atoms with Crippen molar-refractivity contribution in [1.82, 2.24) is 4.31 Å². The third-order valence-corrected chi connectivity index (χ3v) is 6.17. The molecule has 0 amide bonds. The van der Waals surface area contributed by atoms with E-state index in [1.165, 1.54) is 25.3 Å². The molecule has 0 spiro atoms. The Labute approximate surface area is 134 Å². The van der Waals surface area contributed by atoms with Gasteiger partial charge in [0.15, 0.2) is 0 Å². The van der Waals surface area contributed by atoms with Crippen molar-refractivity contribution < 1.29 is 27.9 Å². The van der Waals surface area contributed by atoms with E-state index < -0.39 is 33.9 Å². The number of benzene rings is 1. The maximum atomic E-state index is 12.9. The Bertz CT molecular complexity index is 714. The minimum absolute atomic E-state index is 0.0559. The number of piperidine rings is 1. The average molecular weight is 341 g/mol. The number of sulfonamides is 1. The second-order valence-electron chi connectivity index (χ2n) is 5.43. The molecule has 1 heterocycles. The molecule has 23 heavy (non-hydrogen) atoms. The highest BCUT2D eigenvalue weighted by molar-refractivity contribution is 7.89. The SMILES string of the molecule is COC(=O)c1ccccc1S(=O)(=O)N1CCC[C@H](C(=O)O)[C@@H]1C. The molecule has 0 bridgehead atoms. The van der Waals surface area contributed by atoms with E-state index in [1.54, 1.807) is 13.0 Å². The molecule has 0 aromatic heterocycles. The van der Waals surface area contributed by atoms with Crippen LogP contribution in [0.4, 0.5) is 0 Å². The lowest BCUT2D eigenvalue weighted by molar-refractivity contribution is -0.144. The van der Waals surface area contributed by atoms with Gasteiger partial charge in [-0.2, -0.15) is 4.31 Å². The Morgan fingerprint density at radius 2 is 1.96 bits per heavy atom. The van der Waals surface area contributed by atoms with Crippen LogP contribution in [0.15, 0.2) is 29.2 Å². The molecule has 1 aromatic rings. The molecule has 126 valence electrons. The standard InChI is InChI=1S/C15H19NO6S/c1-10-11(14(17)18)7-5-9-16(10)23(20,21)13-8-4-3-6-12(13)15(19)22-2/h3-4,6,8,10-11H,5,7,9H2,1-2H3,(H,17,18)/t10-,11-/m0/s1. The Hall–Kier alpha value is -1.93. The van der Waals surface area contributed by atoms with Gasteiger partial charge in [0.2, 0.25) is 10.0 Å². The summed E-state index contributed by atoms with van der Waals surface area (Å²) >= 11 is 0. The van der Waals surface area contributed by atoms with Crippen LogP contribution >= 0.6 is 0 Å². The lowest BCUT2D eigenvalue weighted by Crippen LogP contribution is -2.49.